The van der Waals surface area contributed by atoms with Crippen LogP contribution in [0.3, 0.4) is 0 Å². The summed E-state index contributed by atoms with van der Waals surface area (Å²) in [5.41, 5.74) is 2.80. The van der Waals surface area contributed by atoms with E-state index < -0.39 is 10.0 Å². The van der Waals surface area contributed by atoms with E-state index >= 15 is 0 Å². The number of rotatable bonds is 8. The lowest BCUT2D eigenvalue weighted by molar-refractivity contribution is 0.0929. The molecule has 0 aromatic heterocycles. The molecule has 0 spiro atoms. The molecule has 2 N–H and O–H groups in total. The van der Waals surface area contributed by atoms with Crippen LogP contribution in [0.15, 0.2) is 47.4 Å². The van der Waals surface area contributed by atoms with Crippen molar-refractivity contribution in [1.29, 1.82) is 0 Å². The Kier molecular flexibility index (Phi) is 7.08. The minimum Gasteiger partial charge on any atom is -0.351 e. The van der Waals surface area contributed by atoms with Gasteiger partial charge in [-0.1, -0.05) is 26.0 Å². The fraction of sp³-hybridized carbons (Fsp3) is 0.409. The summed E-state index contributed by atoms with van der Waals surface area (Å²) in [5.74, 6) is -0.219. The van der Waals surface area contributed by atoms with Gasteiger partial charge in [-0.2, -0.15) is 0 Å². The molecule has 0 radical (unpaired) electrons. The zero-order valence-electron chi connectivity index (χ0n) is 18.0. The topological polar surface area (TPSA) is 78.5 Å². The highest BCUT2D eigenvalue weighted by Gasteiger charge is 2.21. The molecule has 0 atom stereocenters. The van der Waals surface area contributed by atoms with Gasteiger partial charge in [-0.25, -0.2) is 8.42 Å². The molecule has 0 bridgehead atoms. The number of carbonyl (C=O) groups excluding carboxylic acids is 1. The molecule has 0 saturated heterocycles. The molecule has 29 heavy (non-hydrogen) atoms. The molecular weight excluding hydrogens is 386 g/mol. The first-order valence-corrected chi connectivity index (χ1v) is 11.0. The van der Waals surface area contributed by atoms with Crippen molar-refractivity contribution in [1.82, 2.24) is 10.2 Å². The van der Waals surface area contributed by atoms with Crippen molar-refractivity contribution in [2.75, 3.05) is 31.9 Å². The van der Waals surface area contributed by atoms with Gasteiger partial charge in [0.05, 0.1) is 10.6 Å². The number of nitrogens with zero attached hydrogens (tertiary/aromatic N) is 1. The quantitative estimate of drug-likeness (QED) is 0.690. The van der Waals surface area contributed by atoms with Crippen molar-refractivity contribution in [2.45, 2.75) is 32.6 Å². The summed E-state index contributed by atoms with van der Waals surface area (Å²) in [4.78, 5) is 14.6. The molecule has 2 aromatic rings. The lowest BCUT2D eigenvalue weighted by Crippen LogP contribution is -2.39. The van der Waals surface area contributed by atoms with Crippen molar-refractivity contribution in [3.8, 4) is 0 Å². The van der Waals surface area contributed by atoms with Gasteiger partial charge in [-0.15, -0.1) is 0 Å². The SMILES string of the molecule is Cc1cccc(NS(=O)(=O)c2ccc(C(=O)NCC(C)(C)CN(C)C)cc2)c1C. The summed E-state index contributed by atoms with van der Waals surface area (Å²) in [5, 5.41) is 2.93. The average Bonchev–Trinajstić information content (AvgIpc) is 2.62. The van der Waals surface area contributed by atoms with Crippen LogP contribution < -0.4 is 10.0 Å². The highest BCUT2D eigenvalue weighted by molar-refractivity contribution is 7.92. The van der Waals surface area contributed by atoms with Crippen LogP contribution in [0.1, 0.15) is 35.3 Å². The van der Waals surface area contributed by atoms with Crippen molar-refractivity contribution >= 4 is 21.6 Å². The molecule has 158 valence electrons. The Morgan fingerprint density at radius 2 is 1.66 bits per heavy atom. The number of anilines is 1. The minimum atomic E-state index is -3.73. The maximum Gasteiger partial charge on any atom is 0.261 e. The van der Waals surface area contributed by atoms with E-state index in [4.69, 9.17) is 0 Å². The lowest BCUT2D eigenvalue weighted by atomic mass is 9.93. The van der Waals surface area contributed by atoms with Crippen LogP contribution in [-0.4, -0.2) is 46.4 Å². The van der Waals surface area contributed by atoms with E-state index in [-0.39, 0.29) is 16.2 Å². The summed E-state index contributed by atoms with van der Waals surface area (Å²) in [6.07, 6.45) is 0. The van der Waals surface area contributed by atoms with E-state index in [9.17, 15) is 13.2 Å². The molecule has 0 aliphatic carbocycles. The van der Waals surface area contributed by atoms with Gasteiger partial charge in [0.15, 0.2) is 0 Å². The van der Waals surface area contributed by atoms with Crippen molar-refractivity contribution in [2.24, 2.45) is 5.41 Å². The summed E-state index contributed by atoms with van der Waals surface area (Å²) in [6, 6.07) is 11.4. The zero-order chi connectivity index (χ0) is 21.8. The van der Waals surface area contributed by atoms with Gasteiger partial charge in [0.1, 0.15) is 0 Å². The Morgan fingerprint density at radius 1 is 1.03 bits per heavy atom. The smallest absolute Gasteiger partial charge is 0.261 e. The minimum absolute atomic E-state index is 0.0714. The molecule has 2 rings (SSSR count). The number of aryl methyl sites for hydroxylation is 1. The van der Waals surface area contributed by atoms with Gasteiger partial charge < -0.3 is 10.2 Å². The summed E-state index contributed by atoms with van der Waals surface area (Å²) in [6.45, 7) is 9.34. The van der Waals surface area contributed by atoms with Gasteiger partial charge in [0, 0.05) is 18.7 Å². The number of nitrogens with one attached hydrogen (secondary N) is 2. The van der Waals surface area contributed by atoms with E-state index in [0.29, 0.717) is 17.8 Å². The third-order valence-electron chi connectivity index (χ3n) is 4.75. The Bertz CT molecular complexity index is 965. The zero-order valence-corrected chi connectivity index (χ0v) is 18.9. The summed E-state index contributed by atoms with van der Waals surface area (Å²) < 4.78 is 28.0. The van der Waals surface area contributed by atoms with Crippen LogP contribution in [0.5, 0.6) is 0 Å². The average molecular weight is 418 g/mol. The van der Waals surface area contributed by atoms with Crippen LogP contribution in [-0.2, 0) is 10.0 Å². The standard InChI is InChI=1S/C22H31N3O3S/c1-16-8-7-9-20(17(16)2)24-29(27,28)19-12-10-18(11-13-19)21(26)23-14-22(3,4)15-25(5)6/h7-13,24H,14-15H2,1-6H3,(H,23,26). The Hall–Kier alpha value is -2.38. The highest BCUT2D eigenvalue weighted by Crippen LogP contribution is 2.22. The van der Waals surface area contributed by atoms with E-state index in [2.05, 4.69) is 28.8 Å². The number of amides is 1. The number of benzene rings is 2. The second-order valence-electron chi connectivity index (χ2n) is 8.46. The summed E-state index contributed by atoms with van der Waals surface area (Å²) in [7, 11) is 0.259. The third kappa shape index (κ3) is 6.30. The van der Waals surface area contributed by atoms with Gasteiger partial charge in [0.2, 0.25) is 0 Å². The largest absolute Gasteiger partial charge is 0.351 e. The van der Waals surface area contributed by atoms with Gasteiger partial charge >= 0.3 is 0 Å². The fourth-order valence-electron chi connectivity index (χ4n) is 3.18. The number of hydrogen-bond acceptors (Lipinski definition) is 4. The monoisotopic (exact) mass is 417 g/mol. The highest BCUT2D eigenvalue weighted by atomic mass is 32.2. The molecule has 7 heteroatoms. The third-order valence-corrected chi connectivity index (χ3v) is 6.13. The van der Waals surface area contributed by atoms with Crippen LogP contribution in [0, 0.1) is 19.3 Å². The Labute approximate surface area is 174 Å². The first-order chi connectivity index (χ1) is 13.4. The molecule has 0 saturated carbocycles. The molecule has 1 amide bonds. The molecule has 0 heterocycles. The predicted octanol–water partition coefficient (Wildman–Crippen LogP) is 3.42. The Balaban J connectivity index is 2.09. The molecule has 0 unspecified atom stereocenters. The van der Waals surface area contributed by atoms with Gasteiger partial charge in [-0.05, 0) is 74.8 Å². The van der Waals surface area contributed by atoms with Crippen molar-refractivity contribution < 1.29 is 13.2 Å². The van der Waals surface area contributed by atoms with Crippen LogP contribution in [0.25, 0.3) is 0 Å². The fourth-order valence-corrected chi connectivity index (χ4v) is 4.31. The second-order valence-corrected chi connectivity index (χ2v) is 10.1. The maximum absolute atomic E-state index is 12.7. The Morgan fingerprint density at radius 3 is 2.24 bits per heavy atom. The molecule has 0 aliphatic heterocycles. The maximum atomic E-state index is 12.7. The number of hydrogen-bond donors (Lipinski definition) is 2. The first kappa shape index (κ1) is 22.9. The van der Waals surface area contributed by atoms with Crippen LogP contribution in [0.4, 0.5) is 5.69 Å². The van der Waals surface area contributed by atoms with Crippen LogP contribution >= 0.6 is 0 Å². The summed E-state index contributed by atoms with van der Waals surface area (Å²) >= 11 is 0. The number of sulfonamides is 1. The molecule has 0 aliphatic rings. The normalized spacial score (nSPS) is 12.1. The first-order valence-electron chi connectivity index (χ1n) is 9.53. The predicted molar refractivity (Wildman–Crippen MR) is 118 cm³/mol. The van der Waals surface area contributed by atoms with E-state index in [1.807, 2.05) is 40.1 Å². The molecular formula is C22H31N3O3S. The lowest BCUT2D eigenvalue weighted by Gasteiger charge is -2.28. The van der Waals surface area contributed by atoms with Gasteiger partial charge in [0.25, 0.3) is 15.9 Å². The van der Waals surface area contributed by atoms with Crippen molar-refractivity contribution in [3.63, 3.8) is 0 Å². The van der Waals surface area contributed by atoms with E-state index in [1.165, 1.54) is 24.3 Å². The molecule has 2 aromatic carbocycles. The van der Waals surface area contributed by atoms with E-state index in [0.717, 1.165) is 17.7 Å². The second kappa shape index (κ2) is 8.97. The van der Waals surface area contributed by atoms with Gasteiger partial charge in [-0.3, -0.25) is 9.52 Å². The van der Waals surface area contributed by atoms with Crippen molar-refractivity contribution in [3.05, 3.63) is 59.2 Å². The molecule has 6 nitrogen and oxygen atoms in total. The van der Waals surface area contributed by atoms with Crippen LogP contribution in [0.2, 0.25) is 0 Å². The number of carbonyl (C=O) groups is 1. The molecule has 0 fully saturated rings. The van der Waals surface area contributed by atoms with E-state index in [1.54, 1.807) is 6.07 Å².